The minimum Gasteiger partial charge on any atom is -0.493 e. The molecular formula is C19H21N3O4. The van der Waals surface area contributed by atoms with Gasteiger partial charge in [0.05, 0.1) is 33.4 Å². The van der Waals surface area contributed by atoms with Crippen molar-refractivity contribution in [3.63, 3.8) is 0 Å². The fraction of sp³-hybridized carbons (Fsp3) is 0.263. The third-order valence-electron chi connectivity index (χ3n) is 4.12. The van der Waals surface area contributed by atoms with Crippen molar-refractivity contribution in [2.45, 2.75) is 13.0 Å². The van der Waals surface area contributed by atoms with E-state index < -0.39 is 0 Å². The topological polar surface area (TPSA) is 95.2 Å². The van der Waals surface area contributed by atoms with Crippen LogP contribution in [0, 0.1) is 0 Å². The van der Waals surface area contributed by atoms with Crippen molar-refractivity contribution in [1.82, 2.24) is 0 Å². The van der Waals surface area contributed by atoms with Crippen molar-refractivity contribution >= 4 is 23.0 Å². The van der Waals surface area contributed by atoms with Crippen LogP contribution >= 0.6 is 0 Å². The number of carbonyl (C=O) groups excluding carboxylic acids is 1. The van der Waals surface area contributed by atoms with E-state index >= 15 is 0 Å². The Labute approximate surface area is 151 Å². The monoisotopic (exact) mass is 355 g/mol. The van der Waals surface area contributed by atoms with Gasteiger partial charge in [0.25, 0.3) is 0 Å². The van der Waals surface area contributed by atoms with Gasteiger partial charge >= 0.3 is 0 Å². The number of aliphatic imine (C=N–C) groups is 1. The first-order chi connectivity index (χ1) is 12.5. The van der Waals surface area contributed by atoms with Gasteiger partial charge in [0, 0.05) is 17.8 Å². The lowest BCUT2D eigenvalue weighted by atomic mass is 10.0. The molecule has 0 fully saturated rings. The van der Waals surface area contributed by atoms with Crippen LogP contribution in [0.15, 0.2) is 35.3 Å². The molecule has 2 aromatic rings. The summed E-state index contributed by atoms with van der Waals surface area (Å²) in [5.74, 6) is 2.06. The van der Waals surface area contributed by atoms with Crippen LogP contribution in [-0.2, 0) is 6.54 Å². The van der Waals surface area contributed by atoms with E-state index in [-0.39, 0.29) is 12.2 Å². The highest BCUT2D eigenvalue weighted by atomic mass is 16.5. The van der Waals surface area contributed by atoms with Gasteiger partial charge in [-0.3, -0.25) is 4.79 Å². The number of amidine groups is 1. The highest BCUT2D eigenvalue weighted by Crippen LogP contribution is 2.38. The second-order valence-corrected chi connectivity index (χ2v) is 5.82. The van der Waals surface area contributed by atoms with Crippen molar-refractivity contribution in [2.24, 2.45) is 10.7 Å². The van der Waals surface area contributed by atoms with Crippen molar-refractivity contribution in [3.8, 4) is 17.2 Å². The SMILES string of the molecule is COc1cc(CNc2ccc3c(c2)C(=O)CC(N)=N3)cc(OC)c1OC. The maximum absolute atomic E-state index is 12.1. The molecule has 0 saturated carbocycles. The lowest BCUT2D eigenvalue weighted by Gasteiger charge is -2.16. The largest absolute Gasteiger partial charge is 0.493 e. The molecule has 7 heteroatoms. The number of hydrogen-bond acceptors (Lipinski definition) is 7. The summed E-state index contributed by atoms with van der Waals surface area (Å²) in [6.45, 7) is 0.523. The number of ether oxygens (including phenoxy) is 3. The van der Waals surface area contributed by atoms with Crippen LogP contribution in [0.3, 0.4) is 0 Å². The number of ketones is 1. The van der Waals surface area contributed by atoms with E-state index in [1.54, 1.807) is 33.5 Å². The average Bonchev–Trinajstić information content (AvgIpc) is 2.65. The molecule has 0 atom stereocenters. The number of nitrogens with two attached hydrogens (primary N) is 1. The third-order valence-corrected chi connectivity index (χ3v) is 4.12. The zero-order valence-electron chi connectivity index (χ0n) is 15.0. The molecule has 0 radical (unpaired) electrons. The van der Waals surface area contributed by atoms with Crippen LogP contribution in [-0.4, -0.2) is 32.9 Å². The lowest BCUT2D eigenvalue weighted by molar-refractivity contribution is 0.0999. The van der Waals surface area contributed by atoms with Gasteiger partial charge in [-0.25, -0.2) is 4.99 Å². The molecule has 1 heterocycles. The van der Waals surface area contributed by atoms with Gasteiger partial charge < -0.3 is 25.3 Å². The van der Waals surface area contributed by atoms with Gasteiger partial charge in [0.15, 0.2) is 17.3 Å². The first-order valence-electron chi connectivity index (χ1n) is 8.08. The standard InChI is InChI=1S/C19H21N3O4/c1-24-16-6-11(7-17(25-2)19(16)26-3)10-21-12-4-5-14-13(8-12)15(23)9-18(20)22-14/h4-8,21H,9-10H2,1-3H3,(H2,20,22). The summed E-state index contributed by atoms with van der Waals surface area (Å²) < 4.78 is 16.1. The van der Waals surface area contributed by atoms with Crippen LogP contribution in [0.25, 0.3) is 0 Å². The number of benzene rings is 2. The Morgan fingerprint density at radius 1 is 1.08 bits per heavy atom. The number of methoxy groups -OCH3 is 3. The van der Waals surface area contributed by atoms with E-state index in [2.05, 4.69) is 10.3 Å². The Balaban J connectivity index is 1.82. The van der Waals surface area contributed by atoms with E-state index in [0.29, 0.717) is 40.9 Å². The third kappa shape index (κ3) is 3.42. The van der Waals surface area contributed by atoms with E-state index in [4.69, 9.17) is 19.9 Å². The van der Waals surface area contributed by atoms with Gasteiger partial charge in [0.1, 0.15) is 5.84 Å². The molecule has 7 nitrogen and oxygen atoms in total. The van der Waals surface area contributed by atoms with Crippen LogP contribution in [0.1, 0.15) is 22.3 Å². The Bertz CT molecular complexity index is 852. The summed E-state index contributed by atoms with van der Waals surface area (Å²) >= 11 is 0. The zero-order valence-corrected chi connectivity index (χ0v) is 15.0. The molecule has 3 N–H and O–H groups in total. The second kappa shape index (κ2) is 7.35. The van der Waals surface area contributed by atoms with E-state index in [9.17, 15) is 4.79 Å². The Kier molecular flexibility index (Phi) is 4.97. The van der Waals surface area contributed by atoms with Crippen molar-refractivity contribution in [1.29, 1.82) is 0 Å². The number of nitrogens with one attached hydrogen (secondary N) is 1. The number of carbonyl (C=O) groups is 1. The fourth-order valence-corrected chi connectivity index (χ4v) is 2.86. The Morgan fingerprint density at radius 2 is 1.77 bits per heavy atom. The first kappa shape index (κ1) is 17.6. The molecule has 1 aliphatic rings. The number of fused-ring (bicyclic) bond motifs is 1. The molecule has 3 rings (SSSR count). The van der Waals surface area contributed by atoms with Crippen molar-refractivity contribution in [2.75, 3.05) is 26.6 Å². The molecule has 136 valence electrons. The molecule has 0 amide bonds. The minimum absolute atomic E-state index is 0.0241. The van der Waals surface area contributed by atoms with E-state index in [1.165, 1.54) is 0 Å². The Morgan fingerprint density at radius 3 is 2.38 bits per heavy atom. The highest BCUT2D eigenvalue weighted by Gasteiger charge is 2.19. The van der Waals surface area contributed by atoms with Crippen LogP contribution in [0.4, 0.5) is 11.4 Å². The van der Waals surface area contributed by atoms with Crippen LogP contribution in [0.2, 0.25) is 0 Å². The number of Topliss-reactive ketones (excluding diaryl/α,β-unsaturated/α-hetero) is 1. The maximum atomic E-state index is 12.1. The molecule has 0 aliphatic carbocycles. The second-order valence-electron chi connectivity index (χ2n) is 5.82. The van der Waals surface area contributed by atoms with Gasteiger partial charge in [-0.2, -0.15) is 0 Å². The van der Waals surface area contributed by atoms with Gasteiger partial charge in [-0.05, 0) is 35.9 Å². The lowest BCUT2D eigenvalue weighted by Crippen LogP contribution is -2.20. The number of anilines is 1. The molecule has 0 spiro atoms. The molecule has 0 saturated heterocycles. The Hall–Kier alpha value is -3.22. The molecule has 0 unspecified atom stereocenters. The molecule has 1 aliphatic heterocycles. The molecule has 26 heavy (non-hydrogen) atoms. The van der Waals surface area contributed by atoms with Crippen molar-refractivity contribution in [3.05, 3.63) is 41.5 Å². The normalized spacial score (nSPS) is 12.9. The summed E-state index contributed by atoms with van der Waals surface area (Å²) in [6, 6.07) is 9.21. The van der Waals surface area contributed by atoms with Gasteiger partial charge in [-0.15, -0.1) is 0 Å². The van der Waals surface area contributed by atoms with Gasteiger partial charge in [-0.1, -0.05) is 0 Å². The quantitative estimate of drug-likeness (QED) is 0.827. The van der Waals surface area contributed by atoms with Crippen LogP contribution in [0.5, 0.6) is 17.2 Å². The van der Waals surface area contributed by atoms with Crippen LogP contribution < -0.4 is 25.3 Å². The average molecular weight is 355 g/mol. The summed E-state index contributed by atoms with van der Waals surface area (Å²) in [4.78, 5) is 16.3. The minimum atomic E-state index is -0.0241. The van der Waals surface area contributed by atoms with E-state index in [1.807, 2.05) is 18.2 Å². The number of nitrogens with zero attached hydrogens (tertiary/aromatic N) is 1. The molecule has 0 aromatic heterocycles. The first-order valence-corrected chi connectivity index (χ1v) is 8.08. The van der Waals surface area contributed by atoms with Gasteiger partial charge in [0.2, 0.25) is 5.75 Å². The summed E-state index contributed by atoms with van der Waals surface area (Å²) in [6.07, 6.45) is 0.156. The summed E-state index contributed by atoms with van der Waals surface area (Å²) in [5.41, 5.74) is 8.63. The predicted molar refractivity (Wildman–Crippen MR) is 100 cm³/mol. The summed E-state index contributed by atoms with van der Waals surface area (Å²) in [5, 5.41) is 3.30. The predicted octanol–water partition coefficient (Wildman–Crippen LogP) is 2.90. The molecule has 0 bridgehead atoms. The molecule has 2 aromatic carbocycles. The molecular weight excluding hydrogens is 334 g/mol. The highest BCUT2D eigenvalue weighted by molar-refractivity contribution is 6.15. The van der Waals surface area contributed by atoms with E-state index in [0.717, 1.165) is 11.3 Å². The fourth-order valence-electron chi connectivity index (χ4n) is 2.86. The number of hydrogen-bond donors (Lipinski definition) is 2. The number of rotatable bonds is 6. The van der Waals surface area contributed by atoms with Crippen molar-refractivity contribution < 1.29 is 19.0 Å². The summed E-state index contributed by atoms with van der Waals surface area (Å²) in [7, 11) is 4.73. The maximum Gasteiger partial charge on any atom is 0.203 e. The zero-order chi connectivity index (χ0) is 18.7. The smallest absolute Gasteiger partial charge is 0.203 e.